The largest absolute Gasteiger partial charge is 0.370 e. The molecule has 2 nitrogen and oxygen atoms in total. The van der Waals surface area contributed by atoms with Gasteiger partial charge in [-0.25, -0.2) is 0 Å². The van der Waals surface area contributed by atoms with Gasteiger partial charge in [0.25, 0.3) is 0 Å². The van der Waals surface area contributed by atoms with Gasteiger partial charge < -0.3 is 4.90 Å². The van der Waals surface area contributed by atoms with E-state index in [1.807, 2.05) is 0 Å². The molecule has 0 amide bonds. The van der Waals surface area contributed by atoms with E-state index in [0.717, 1.165) is 42.3 Å². The second-order valence-corrected chi connectivity index (χ2v) is 9.77. The van der Waals surface area contributed by atoms with E-state index in [9.17, 15) is 0 Å². The Labute approximate surface area is 160 Å². The Bertz CT molecular complexity index is 508. The highest BCUT2D eigenvalue weighted by atomic mass is 15.2. The monoisotopic (exact) mass is 354 g/mol. The molecule has 5 aliphatic rings. The average molecular weight is 355 g/mol. The molecule has 0 spiro atoms. The van der Waals surface area contributed by atoms with E-state index in [2.05, 4.69) is 34.2 Å². The molecule has 0 aromatic carbocycles. The number of rotatable bonds is 2. The summed E-state index contributed by atoms with van der Waals surface area (Å²) < 4.78 is 0. The zero-order chi connectivity index (χ0) is 17.3. The van der Waals surface area contributed by atoms with Crippen LogP contribution in [0.2, 0.25) is 0 Å². The normalized spacial score (nSPS) is 43.8. The first-order chi connectivity index (χ1) is 12.9. The van der Waals surface area contributed by atoms with Crippen LogP contribution in [0.15, 0.2) is 24.4 Å². The van der Waals surface area contributed by atoms with E-state index in [4.69, 9.17) is 0 Å². The second kappa shape index (κ2) is 7.70. The van der Waals surface area contributed by atoms with Crippen LogP contribution in [0.4, 0.5) is 0 Å². The van der Waals surface area contributed by atoms with Crippen LogP contribution in [0.25, 0.3) is 0 Å². The number of hydrogen-bond acceptors (Lipinski definition) is 2. The third kappa shape index (κ3) is 3.07. The Kier molecular flexibility index (Phi) is 5.14. The topological polar surface area (TPSA) is 6.48 Å². The van der Waals surface area contributed by atoms with Gasteiger partial charge in [-0.1, -0.05) is 44.3 Å². The lowest BCUT2D eigenvalue weighted by molar-refractivity contribution is -0.0947. The van der Waals surface area contributed by atoms with Crippen LogP contribution >= 0.6 is 0 Å². The third-order valence-corrected chi connectivity index (χ3v) is 8.54. The molecule has 2 heterocycles. The molecule has 0 aromatic heterocycles. The highest BCUT2D eigenvalue weighted by molar-refractivity contribution is 5.14. The van der Waals surface area contributed by atoms with Crippen molar-refractivity contribution in [3.8, 4) is 0 Å². The summed E-state index contributed by atoms with van der Waals surface area (Å²) in [6, 6.07) is 1.75. The van der Waals surface area contributed by atoms with Crippen molar-refractivity contribution in [1.29, 1.82) is 0 Å². The molecule has 5 rings (SSSR count). The SMILES string of the molecule is C1=CCN(C2C3CCCCC3C(N3CCCCC3)C3CCCCC32)C=C1. The van der Waals surface area contributed by atoms with Crippen LogP contribution in [0, 0.1) is 23.7 Å². The Morgan fingerprint density at radius 2 is 1.15 bits per heavy atom. The maximum absolute atomic E-state index is 3.00. The van der Waals surface area contributed by atoms with Crippen LogP contribution in [0.3, 0.4) is 0 Å². The van der Waals surface area contributed by atoms with Crippen LogP contribution < -0.4 is 0 Å². The first-order valence-corrected chi connectivity index (χ1v) is 11.8. The summed E-state index contributed by atoms with van der Waals surface area (Å²) in [5, 5.41) is 0. The van der Waals surface area contributed by atoms with Crippen LogP contribution in [-0.4, -0.2) is 41.5 Å². The van der Waals surface area contributed by atoms with Crippen molar-refractivity contribution in [2.75, 3.05) is 19.6 Å². The lowest BCUT2D eigenvalue weighted by Crippen LogP contribution is -2.63. The number of allylic oxidation sites excluding steroid dienone is 2. The maximum Gasteiger partial charge on any atom is 0.0360 e. The standard InChI is InChI=1S/C24H38N2/c1-7-15-25(16-8-1)23-19-11-3-5-13-21(19)24(26-17-9-2-10-18-26)22-14-6-4-12-20(22)23/h1,7-8,15,19-24H,2-6,9-14,16-18H2. The van der Waals surface area contributed by atoms with E-state index in [1.165, 1.54) is 83.7 Å². The Morgan fingerprint density at radius 3 is 1.69 bits per heavy atom. The van der Waals surface area contributed by atoms with Gasteiger partial charge in [-0.15, -0.1) is 0 Å². The molecule has 3 saturated carbocycles. The van der Waals surface area contributed by atoms with Crippen molar-refractivity contribution in [3.63, 3.8) is 0 Å². The van der Waals surface area contributed by atoms with Crippen molar-refractivity contribution in [1.82, 2.24) is 9.80 Å². The number of hydrogen-bond donors (Lipinski definition) is 0. The molecule has 3 aliphatic carbocycles. The molecule has 0 aromatic rings. The summed E-state index contributed by atoms with van der Waals surface area (Å²) in [4.78, 5) is 5.76. The van der Waals surface area contributed by atoms with Crippen molar-refractivity contribution >= 4 is 0 Å². The number of piperidine rings is 1. The van der Waals surface area contributed by atoms with Crippen molar-refractivity contribution in [3.05, 3.63) is 24.4 Å². The van der Waals surface area contributed by atoms with E-state index in [-0.39, 0.29) is 0 Å². The van der Waals surface area contributed by atoms with E-state index < -0.39 is 0 Å². The summed E-state index contributed by atoms with van der Waals surface area (Å²) in [5.41, 5.74) is 0. The second-order valence-electron chi connectivity index (χ2n) is 9.77. The van der Waals surface area contributed by atoms with Gasteiger partial charge in [-0.05, 0) is 87.6 Å². The molecular weight excluding hydrogens is 316 g/mol. The number of fused-ring (bicyclic) bond motifs is 2. The van der Waals surface area contributed by atoms with Gasteiger partial charge in [0.2, 0.25) is 0 Å². The molecule has 0 bridgehead atoms. The minimum atomic E-state index is 0.827. The summed E-state index contributed by atoms with van der Waals surface area (Å²) in [5.74, 6) is 3.85. The van der Waals surface area contributed by atoms with E-state index >= 15 is 0 Å². The fraction of sp³-hybridized carbons (Fsp3) is 0.833. The predicted molar refractivity (Wildman–Crippen MR) is 109 cm³/mol. The molecular formula is C24H38N2. The lowest BCUT2D eigenvalue weighted by atomic mass is 9.54. The Morgan fingerprint density at radius 1 is 0.577 bits per heavy atom. The molecule has 144 valence electrons. The fourth-order valence-corrected chi connectivity index (χ4v) is 7.66. The summed E-state index contributed by atoms with van der Waals surface area (Å²) in [6.45, 7) is 3.95. The molecule has 4 atom stereocenters. The molecule has 26 heavy (non-hydrogen) atoms. The minimum Gasteiger partial charge on any atom is -0.370 e. The minimum absolute atomic E-state index is 0.827. The number of likely N-dealkylation sites (tertiary alicyclic amines) is 1. The van der Waals surface area contributed by atoms with Gasteiger partial charge in [0.15, 0.2) is 0 Å². The smallest absolute Gasteiger partial charge is 0.0360 e. The van der Waals surface area contributed by atoms with Crippen LogP contribution in [-0.2, 0) is 0 Å². The molecule has 0 N–H and O–H groups in total. The molecule has 2 aliphatic heterocycles. The Balaban J connectivity index is 1.48. The molecule has 2 heteroatoms. The summed E-state index contributed by atoms with van der Waals surface area (Å²) in [7, 11) is 0. The highest BCUT2D eigenvalue weighted by Crippen LogP contribution is 2.53. The van der Waals surface area contributed by atoms with Gasteiger partial charge in [0, 0.05) is 18.6 Å². The van der Waals surface area contributed by atoms with Gasteiger partial charge in [-0.2, -0.15) is 0 Å². The molecule has 4 fully saturated rings. The first kappa shape index (κ1) is 17.3. The van der Waals surface area contributed by atoms with Gasteiger partial charge >= 0.3 is 0 Å². The van der Waals surface area contributed by atoms with E-state index in [0.29, 0.717) is 0 Å². The summed E-state index contributed by atoms with van der Waals surface area (Å²) in [6.07, 6.45) is 25.7. The molecule has 0 radical (unpaired) electrons. The lowest BCUT2D eigenvalue weighted by Gasteiger charge is -2.60. The highest BCUT2D eigenvalue weighted by Gasteiger charge is 2.53. The van der Waals surface area contributed by atoms with Gasteiger partial charge in [-0.3, -0.25) is 4.90 Å². The Hall–Kier alpha value is -0.760. The zero-order valence-corrected chi connectivity index (χ0v) is 16.6. The first-order valence-electron chi connectivity index (χ1n) is 11.8. The third-order valence-electron chi connectivity index (χ3n) is 8.54. The van der Waals surface area contributed by atoms with Gasteiger partial charge in [0.05, 0.1) is 0 Å². The van der Waals surface area contributed by atoms with Gasteiger partial charge in [0.1, 0.15) is 0 Å². The summed E-state index contributed by atoms with van der Waals surface area (Å²) >= 11 is 0. The molecule has 4 unspecified atom stereocenters. The van der Waals surface area contributed by atoms with Crippen molar-refractivity contribution in [2.24, 2.45) is 23.7 Å². The van der Waals surface area contributed by atoms with Crippen LogP contribution in [0.5, 0.6) is 0 Å². The average Bonchev–Trinajstić information content (AvgIpc) is 2.73. The van der Waals surface area contributed by atoms with Crippen molar-refractivity contribution in [2.45, 2.75) is 82.7 Å². The van der Waals surface area contributed by atoms with E-state index in [1.54, 1.807) is 0 Å². The maximum atomic E-state index is 3.00. The predicted octanol–water partition coefficient (Wildman–Crippen LogP) is 5.22. The van der Waals surface area contributed by atoms with Crippen LogP contribution in [0.1, 0.15) is 70.6 Å². The quantitative estimate of drug-likeness (QED) is 0.670. The zero-order valence-electron chi connectivity index (χ0n) is 16.6. The molecule has 1 saturated heterocycles. The number of nitrogens with zero attached hydrogens (tertiary/aromatic N) is 2. The van der Waals surface area contributed by atoms with Crippen molar-refractivity contribution < 1.29 is 0 Å². The fourth-order valence-electron chi connectivity index (χ4n) is 7.66.